The minimum absolute atomic E-state index is 0.0308. The molecule has 124 valence electrons. The molecule has 8 heteroatoms. The highest BCUT2D eigenvalue weighted by molar-refractivity contribution is 7.15. The fourth-order valence-corrected chi connectivity index (χ4v) is 2.77. The molecule has 0 unspecified atom stereocenters. The Morgan fingerprint density at radius 1 is 1.23 bits per heavy atom. The van der Waals surface area contributed by atoms with Gasteiger partial charge in [-0.05, 0) is 13.8 Å². The van der Waals surface area contributed by atoms with Crippen molar-refractivity contribution in [2.24, 2.45) is 0 Å². The van der Waals surface area contributed by atoms with E-state index >= 15 is 0 Å². The molecule has 1 amide bonds. The van der Waals surface area contributed by atoms with Gasteiger partial charge in [-0.25, -0.2) is 0 Å². The Hall–Kier alpha value is -1.70. The largest absolute Gasteiger partial charge is 0.481 e. The highest BCUT2D eigenvalue weighted by Crippen LogP contribution is 2.25. The van der Waals surface area contributed by atoms with E-state index in [9.17, 15) is 9.59 Å². The molecule has 7 nitrogen and oxygen atoms in total. The number of aromatic nitrogens is 2. The first kappa shape index (κ1) is 18.3. The Bertz CT molecular complexity index is 500. The minimum Gasteiger partial charge on any atom is -0.481 e. The molecule has 1 aromatic heterocycles. The van der Waals surface area contributed by atoms with Gasteiger partial charge in [-0.15, -0.1) is 10.2 Å². The number of hydrogen-bond acceptors (Lipinski definition) is 6. The summed E-state index contributed by atoms with van der Waals surface area (Å²) in [5.41, 5.74) is 0. The van der Waals surface area contributed by atoms with E-state index in [-0.39, 0.29) is 31.3 Å². The second-order valence-electron chi connectivity index (χ2n) is 5.21. The van der Waals surface area contributed by atoms with E-state index in [1.807, 2.05) is 27.7 Å². The molecule has 0 aliphatic carbocycles. The van der Waals surface area contributed by atoms with Crippen molar-refractivity contribution >= 4 is 28.3 Å². The Kier molecular flexibility index (Phi) is 7.23. The van der Waals surface area contributed by atoms with Crippen molar-refractivity contribution in [3.05, 3.63) is 5.01 Å². The molecule has 1 rings (SSSR count). The van der Waals surface area contributed by atoms with Crippen molar-refractivity contribution in [2.45, 2.75) is 40.0 Å². The van der Waals surface area contributed by atoms with Crippen LogP contribution in [-0.2, 0) is 9.59 Å². The van der Waals surface area contributed by atoms with Gasteiger partial charge in [0.25, 0.3) is 0 Å². The molecule has 0 radical (unpaired) electrons. The predicted octanol–water partition coefficient (Wildman–Crippen LogP) is 1.81. The maximum absolute atomic E-state index is 12.3. The van der Waals surface area contributed by atoms with Gasteiger partial charge in [-0.2, -0.15) is 0 Å². The lowest BCUT2D eigenvalue weighted by Crippen LogP contribution is -2.41. The van der Waals surface area contributed by atoms with Crippen LogP contribution in [-0.4, -0.2) is 58.3 Å². The number of carbonyl (C=O) groups is 2. The Morgan fingerprint density at radius 3 is 2.32 bits per heavy atom. The van der Waals surface area contributed by atoms with E-state index in [1.165, 1.54) is 11.3 Å². The van der Waals surface area contributed by atoms with E-state index in [1.54, 1.807) is 9.80 Å². The SMILES string of the molecule is CCN(CC)C(=O)CN(CCC(=O)O)c1nnc(C(C)C)s1. The summed E-state index contributed by atoms with van der Waals surface area (Å²) in [5.74, 6) is -0.670. The van der Waals surface area contributed by atoms with Crippen LogP contribution in [0.25, 0.3) is 0 Å². The first-order valence-electron chi connectivity index (χ1n) is 7.46. The number of hydrogen-bond donors (Lipinski definition) is 1. The van der Waals surface area contributed by atoms with Gasteiger partial charge in [0.15, 0.2) is 0 Å². The van der Waals surface area contributed by atoms with Gasteiger partial charge in [0.1, 0.15) is 5.01 Å². The first-order chi connectivity index (χ1) is 10.4. The molecule has 0 saturated heterocycles. The number of likely N-dealkylation sites (N-methyl/N-ethyl adjacent to an activating group) is 1. The van der Waals surface area contributed by atoms with Crippen LogP contribution < -0.4 is 4.90 Å². The van der Waals surface area contributed by atoms with Gasteiger partial charge < -0.3 is 14.9 Å². The smallest absolute Gasteiger partial charge is 0.305 e. The van der Waals surface area contributed by atoms with Crippen molar-refractivity contribution in [1.82, 2.24) is 15.1 Å². The molecule has 0 fully saturated rings. The van der Waals surface area contributed by atoms with Crippen LogP contribution in [0.1, 0.15) is 45.0 Å². The summed E-state index contributed by atoms with van der Waals surface area (Å²) >= 11 is 1.41. The molecule has 0 aliphatic rings. The Labute approximate surface area is 134 Å². The van der Waals surface area contributed by atoms with Gasteiger partial charge in [0.2, 0.25) is 11.0 Å². The quantitative estimate of drug-likeness (QED) is 0.744. The average molecular weight is 328 g/mol. The molecule has 0 bridgehead atoms. The molecule has 1 aromatic rings. The van der Waals surface area contributed by atoms with Crippen LogP contribution in [0.3, 0.4) is 0 Å². The normalized spacial score (nSPS) is 10.8. The third kappa shape index (κ3) is 5.25. The third-order valence-corrected chi connectivity index (χ3v) is 4.52. The van der Waals surface area contributed by atoms with Crippen molar-refractivity contribution in [2.75, 3.05) is 31.1 Å². The van der Waals surface area contributed by atoms with Crippen LogP contribution >= 0.6 is 11.3 Å². The molecule has 0 atom stereocenters. The molecular formula is C14H24N4O3S. The summed E-state index contributed by atoms with van der Waals surface area (Å²) in [4.78, 5) is 26.5. The maximum Gasteiger partial charge on any atom is 0.305 e. The highest BCUT2D eigenvalue weighted by Gasteiger charge is 2.20. The summed E-state index contributed by atoms with van der Waals surface area (Å²) in [6, 6.07) is 0. The van der Waals surface area contributed by atoms with Gasteiger partial charge in [-0.1, -0.05) is 25.2 Å². The summed E-state index contributed by atoms with van der Waals surface area (Å²) in [7, 11) is 0. The standard InChI is InChI=1S/C14H24N4O3S/c1-5-17(6-2)11(19)9-18(8-7-12(20)21)14-16-15-13(22-14)10(3)4/h10H,5-9H2,1-4H3,(H,20,21). The number of nitrogens with zero attached hydrogens (tertiary/aromatic N) is 4. The predicted molar refractivity (Wildman–Crippen MR) is 86.4 cm³/mol. The van der Waals surface area contributed by atoms with E-state index < -0.39 is 5.97 Å². The van der Waals surface area contributed by atoms with Crippen LogP contribution in [0.4, 0.5) is 5.13 Å². The monoisotopic (exact) mass is 328 g/mol. The summed E-state index contributed by atoms with van der Waals surface area (Å²) < 4.78 is 0. The lowest BCUT2D eigenvalue weighted by molar-refractivity contribution is -0.137. The second-order valence-corrected chi connectivity index (χ2v) is 6.20. The molecule has 0 spiro atoms. The topological polar surface area (TPSA) is 86.6 Å². The lowest BCUT2D eigenvalue weighted by atomic mass is 10.2. The first-order valence-corrected chi connectivity index (χ1v) is 8.28. The number of carbonyl (C=O) groups excluding carboxylic acids is 1. The second kappa shape index (κ2) is 8.67. The van der Waals surface area contributed by atoms with Gasteiger partial charge in [-0.3, -0.25) is 9.59 Å². The summed E-state index contributed by atoms with van der Waals surface area (Å²) in [5, 5.41) is 18.6. The van der Waals surface area contributed by atoms with Gasteiger partial charge >= 0.3 is 5.97 Å². The van der Waals surface area contributed by atoms with E-state index in [0.717, 1.165) is 5.01 Å². The summed E-state index contributed by atoms with van der Waals surface area (Å²) in [6.07, 6.45) is -0.0396. The number of rotatable bonds is 9. The number of amides is 1. The van der Waals surface area contributed by atoms with Crippen molar-refractivity contribution in [3.63, 3.8) is 0 Å². The van der Waals surface area contributed by atoms with Crippen molar-refractivity contribution in [3.8, 4) is 0 Å². The highest BCUT2D eigenvalue weighted by atomic mass is 32.1. The van der Waals surface area contributed by atoms with E-state index in [0.29, 0.717) is 18.2 Å². The molecule has 0 aromatic carbocycles. The maximum atomic E-state index is 12.3. The van der Waals surface area contributed by atoms with Crippen LogP contribution in [0.15, 0.2) is 0 Å². The number of carboxylic acids is 1. The fourth-order valence-electron chi connectivity index (χ4n) is 1.90. The third-order valence-electron chi connectivity index (χ3n) is 3.23. The van der Waals surface area contributed by atoms with Crippen molar-refractivity contribution < 1.29 is 14.7 Å². The van der Waals surface area contributed by atoms with Crippen LogP contribution in [0.2, 0.25) is 0 Å². The van der Waals surface area contributed by atoms with Crippen LogP contribution in [0, 0.1) is 0 Å². The molecule has 0 saturated carbocycles. The minimum atomic E-state index is -0.895. The van der Waals surface area contributed by atoms with Gasteiger partial charge in [0.05, 0.1) is 13.0 Å². The molecular weight excluding hydrogens is 304 g/mol. The zero-order chi connectivity index (χ0) is 16.7. The molecule has 1 heterocycles. The van der Waals surface area contributed by atoms with E-state index in [4.69, 9.17) is 5.11 Å². The zero-order valence-electron chi connectivity index (χ0n) is 13.6. The number of carboxylic acid groups (broad SMARTS) is 1. The molecule has 0 aliphatic heterocycles. The Morgan fingerprint density at radius 2 is 1.86 bits per heavy atom. The summed E-state index contributed by atoms with van der Waals surface area (Å²) in [6.45, 7) is 9.52. The Balaban J connectivity index is 2.86. The van der Waals surface area contributed by atoms with Crippen LogP contribution in [0.5, 0.6) is 0 Å². The number of anilines is 1. The number of aliphatic carboxylic acids is 1. The van der Waals surface area contributed by atoms with Gasteiger partial charge in [0, 0.05) is 25.6 Å². The lowest BCUT2D eigenvalue weighted by Gasteiger charge is -2.25. The molecule has 1 N–H and O–H groups in total. The van der Waals surface area contributed by atoms with E-state index in [2.05, 4.69) is 10.2 Å². The average Bonchev–Trinajstić information content (AvgIpc) is 2.94. The zero-order valence-corrected chi connectivity index (χ0v) is 14.4. The van der Waals surface area contributed by atoms with Crippen molar-refractivity contribution in [1.29, 1.82) is 0 Å². The fraction of sp³-hybridized carbons (Fsp3) is 0.714. The molecule has 22 heavy (non-hydrogen) atoms.